The number of aliphatic hydroxyl groups excluding tert-OH is 2. The number of aliphatic carboxylic acids is 2. The number of carbonyl (C=O) groups excluding carboxylic acids is 3. The molecule has 0 rings (SSSR count). The number of hydrogen-bond donors (Lipinski definition) is 8. The van der Waals surface area contributed by atoms with Crippen LogP contribution in [0.5, 0.6) is 0 Å². The van der Waals surface area contributed by atoms with Crippen LogP contribution in [0.1, 0.15) is 26.7 Å². The third kappa shape index (κ3) is 10.4. The van der Waals surface area contributed by atoms with Gasteiger partial charge in [-0.15, -0.1) is 0 Å². The molecule has 0 aromatic carbocycles. The Kier molecular flexibility index (Phi) is 12.7. The van der Waals surface area contributed by atoms with Gasteiger partial charge in [0.15, 0.2) is 6.04 Å². The van der Waals surface area contributed by atoms with E-state index in [1.807, 2.05) is 5.32 Å². The van der Waals surface area contributed by atoms with Crippen LogP contribution in [0.3, 0.4) is 0 Å². The molecule has 0 aliphatic heterocycles. The van der Waals surface area contributed by atoms with Crippen LogP contribution in [0.15, 0.2) is 0 Å². The Balaban J connectivity index is 5.48. The Hall–Kier alpha value is -2.42. The van der Waals surface area contributed by atoms with Crippen LogP contribution in [0.2, 0.25) is 0 Å². The second-order valence-electron chi connectivity index (χ2n) is 6.83. The molecule has 0 fully saturated rings. The van der Waals surface area contributed by atoms with Gasteiger partial charge in [-0.05, 0) is 32.3 Å². The maximum absolute atomic E-state index is 12.6. The summed E-state index contributed by atoms with van der Waals surface area (Å²) < 4.78 is 0. The van der Waals surface area contributed by atoms with Gasteiger partial charge in [0.25, 0.3) is 0 Å². The number of aliphatic hydroxyl groups is 2. The zero-order valence-corrected chi connectivity index (χ0v) is 18.2. The molecular formula is C17H30N4O9S. The molecule has 178 valence electrons. The molecular weight excluding hydrogens is 436 g/mol. The number of carboxylic acid groups (broad SMARTS) is 2. The lowest BCUT2D eigenvalue weighted by Crippen LogP contribution is -2.59. The average Bonchev–Trinajstić information content (AvgIpc) is 2.66. The van der Waals surface area contributed by atoms with Crippen molar-refractivity contribution in [3.05, 3.63) is 0 Å². The van der Waals surface area contributed by atoms with Crippen molar-refractivity contribution >= 4 is 41.4 Å². The lowest BCUT2D eigenvalue weighted by molar-refractivity contribution is -0.146. The van der Waals surface area contributed by atoms with E-state index < -0.39 is 72.5 Å². The number of amides is 3. The van der Waals surface area contributed by atoms with Crippen LogP contribution in [0.4, 0.5) is 0 Å². The highest BCUT2D eigenvalue weighted by Crippen LogP contribution is 2.05. The van der Waals surface area contributed by atoms with E-state index in [0.717, 1.165) is 6.92 Å². The van der Waals surface area contributed by atoms with Gasteiger partial charge in [0.05, 0.1) is 18.6 Å². The molecule has 0 saturated carbocycles. The summed E-state index contributed by atoms with van der Waals surface area (Å²) in [6, 6.07) is -5.91. The maximum Gasteiger partial charge on any atom is 0.328 e. The van der Waals surface area contributed by atoms with Crippen molar-refractivity contribution in [2.75, 3.05) is 12.0 Å². The second kappa shape index (κ2) is 13.8. The number of nitrogens with two attached hydrogens (primary N) is 1. The second-order valence-corrected chi connectivity index (χ2v) is 7.82. The number of thioether (sulfide) groups is 1. The smallest absolute Gasteiger partial charge is 0.328 e. The van der Waals surface area contributed by atoms with E-state index in [2.05, 4.69) is 10.6 Å². The van der Waals surface area contributed by atoms with Crippen LogP contribution >= 0.6 is 11.8 Å². The average molecular weight is 467 g/mol. The number of carbonyl (C=O) groups is 5. The molecule has 0 aliphatic rings. The summed E-state index contributed by atoms with van der Waals surface area (Å²) in [5.41, 5.74) is 5.54. The minimum atomic E-state index is -1.73. The van der Waals surface area contributed by atoms with Crippen molar-refractivity contribution in [3.63, 3.8) is 0 Å². The lowest BCUT2D eigenvalue weighted by Gasteiger charge is -2.25. The quantitative estimate of drug-likeness (QED) is 0.127. The van der Waals surface area contributed by atoms with Gasteiger partial charge in [-0.3, -0.25) is 19.2 Å². The summed E-state index contributed by atoms with van der Waals surface area (Å²) in [6.07, 6.45) is -1.69. The van der Waals surface area contributed by atoms with Crippen LogP contribution in [-0.4, -0.2) is 98.5 Å². The van der Waals surface area contributed by atoms with Crippen molar-refractivity contribution in [1.29, 1.82) is 0 Å². The Morgan fingerprint density at radius 3 is 1.81 bits per heavy atom. The predicted molar refractivity (Wildman–Crippen MR) is 110 cm³/mol. The topological polar surface area (TPSA) is 228 Å². The first-order chi connectivity index (χ1) is 14.3. The monoisotopic (exact) mass is 466 g/mol. The fraction of sp³-hybridized carbons (Fsp3) is 0.706. The molecule has 3 amide bonds. The van der Waals surface area contributed by atoms with Crippen molar-refractivity contribution in [2.24, 2.45) is 5.73 Å². The van der Waals surface area contributed by atoms with Gasteiger partial charge in [0, 0.05) is 0 Å². The van der Waals surface area contributed by atoms with Crippen molar-refractivity contribution < 1.29 is 44.4 Å². The van der Waals surface area contributed by atoms with Crippen molar-refractivity contribution in [1.82, 2.24) is 16.0 Å². The molecule has 9 N–H and O–H groups in total. The number of carboxylic acids is 2. The van der Waals surface area contributed by atoms with E-state index >= 15 is 0 Å². The number of rotatable bonds is 14. The number of hydrogen-bond acceptors (Lipinski definition) is 9. The van der Waals surface area contributed by atoms with E-state index in [0.29, 0.717) is 5.75 Å². The Bertz CT molecular complexity index is 660. The molecule has 0 saturated heterocycles. The van der Waals surface area contributed by atoms with Gasteiger partial charge in [0.2, 0.25) is 17.7 Å². The molecule has 14 heteroatoms. The molecule has 31 heavy (non-hydrogen) atoms. The Morgan fingerprint density at radius 1 is 0.871 bits per heavy atom. The highest BCUT2D eigenvalue weighted by Gasteiger charge is 2.33. The summed E-state index contributed by atoms with van der Waals surface area (Å²) in [5.74, 6) is -5.45. The first-order valence-corrected chi connectivity index (χ1v) is 10.7. The van der Waals surface area contributed by atoms with Crippen LogP contribution < -0.4 is 21.7 Å². The SMILES string of the molecule is CSCCC(NC(=O)C(N)C(C)O)C(=O)NC(CC(=O)O)C(=O)NC(C(=O)O)C(C)O. The van der Waals surface area contributed by atoms with Gasteiger partial charge in [-0.25, -0.2) is 4.79 Å². The van der Waals surface area contributed by atoms with Gasteiger partial charge < -0.3 is 42.1 Å². The van der Waals surface area contributed by atoms with Gasteiger partial charge in [-0.1, -0.05) is 0 Å². The molecule has 6 atom stereocenters. The van der Waals surface area contributed by atoms with E-state index in [-0.39, 0.29) is 6.42 Å². The van der Waals surface area contributed by atoms with E-state index in [9.17, 15) is 34.2 Å². The summed E-state index contributed by atoms with van der Waals surface area (Å²) in [7, 11) is 0. The summed E-state index contributed by atoms with van der Waals surface area (Å²) >= 11 is 1.36. The first-order valence-electron chi connectivity index (χ1n) is 9.28. The molecule has 0 radical (unpaired) electrons. The molecule has 6 unspecified atom stereocenters. The van der Waals surface area contributed by atoms with Crippen molar-refractivity contribution in [3.8, 4) is 0 Å². The minimum Gasteiger partial charge on any atom is -0.481 e. The fourth-order valence-electron chi connectivity index (χ4n) is 2.29. The Labute approximate surface area is 183 Å². The summed E-state index contributed by atoms with van der Waals surface area (Å²) in [4.78, 5) is 59.4. The largest absolute Gasteiger partial charge is 0.481 e. The van der Waals surface area contributed by atoms with E-state index in [1.165, 1.54) is 18.7 Å². The summed E-state index contributed by atoms with van der Waals surface area (Å²) in [5, 5.41) is 43.5. The molecule has 0 heterocycles. The third-order valence-corrected chi connectivity index (χ3v) is 4.77. The van der Waals surface area contributed by atoms with Gasteiger partial charge >= 0.3 is 11.9 Å². The van der Waals surface area contributed by atoms with E-state index in [1.54, 1.807) is 6.26 Å². The van der Waals surface area contributed by atoms with E-state index in [4.69, 9.17) is 15.9 Å². The molecule has 13 nitrogen and oxygen atoms in total. The fourth-order valence-corrected chi connectivity index (χ4v) is 2.76. The van der Waals surface area contributed by atoms with Crippen LogP contribution in [0.25, 0.3) is 0 Å². The maximum atomic E-state index is 12.6. The zero-order chi connectivity index (χ0) is 24.3. The zero-order valence-electron chi connectivity index (χ0n) is 17.4. The highest BCUT2D eigenvalue weighted by molar-refractivity contribution is 7.98. The Morgan fingerprint density at radius 2 is 1.39 bits per heavy atom. The first kappa shape index (κ1) is 28.6. The predicted octanol–water partition coefficient (Wildman–Crippen LogP) is -3.16. The third-order valence-electron chi connectivity index (χ3n) is 4.12. The van der Waals surface area contributed by atoms with Gasteiger partial charge in [0.1, 0.15) is 18.1 Å². The standard InChI is InChI=1S/C17H30N4O9S/c1-7(22)12(18)16(28)19-9(4-5-31-3)14(26)20-10(6-11(24)25)15(27)21-13(8(2)23)17(29)30/h7-10,12-13,22-23H,4-6,18H2,1-3H3,(H,19,28)(H,20,26)(H,21,27)(H,24,25)(H,29,30). The number of nitrogens with one attached hydrogen (secondary N) is 3. The van der Waals surface area contributed by atoms with Gasteiger partial charge in [-0.2, -0.15) is 11.8 Å². The highest BCUT2D eigenvalue weighted by atomic mass is 32.2. The van der Waals surface area contributed by atoms with Crippen molar-refractivity contribution in [2.45, 2.75) is 63.1 Å². The summed E-state index contributed by atoms with van der Waals surface area (Å²) in [6.45, 7) is 2.40. The molecule has 0 aromatic heterocycles. The molecule has 0 aromatic rings. The normalized spacial score (nSPS) is 16.7. The molecule has 0 spiro atoms. The lowest BCUT2D eigenvalue weighted by atomic mass is 10.1. The molecule has 0 bridgehead atoms. The minimum absolute atomic E-state index is 0.109. The van der Waals surface area contributed by atoms with Crippen LogP contribution in [-0.2, 0) is 24.0 Å². The van der Waals surface area contributed by atoms with Crippen LogP contribution in [0, 0.1) is 0 Å². The molecule has 0 aliphatic carbocycles.